The Morgan fingerprint density at radius 1 is 1.43 bits per heavy atom. The number of nitrogens with one attached hydrogen (secondary N) is 2. The highest BCUT2D eigenvalue weighted by molar-refractivity contribution is 5.86. The summed E-state index contributed by atoms with van der Waals surface area (Å²) in [6, 6.07) is 6.18. The number of nitrogens with zero attached hydrogens (tertiary/aromatic N) is 3. The zero-order valence-electron chi connectivity index (χ0n) is 12.9. The minimum atomic E-state index is -0.492. The van der Waals surface area contributed by atoms with E-state index in [0.29, 0.717) is 12.0 Å². The van der Waals surface area contributed by atoms with Crippen LogP contribution in [0.1, 0.15) is 28.9 Å². The first-order chi connectivity index (χ1) is 11.0. The number of carbonyl (C=O) groups is 1. The van der Waals surface area contributed by atoms with Crippen molar-refractivity contribution >= 4 is 17.8 Å². The van der Waals surface area contributed by atoms with Gasteiger partial charge in [-0.3, -0.25) is 20.0 Å². The number of aromatic nitrogens is 2. The predicted octanol–water partition coefficient (Wildman–Crippen LogP) is 2.02. The van der Waals surface area contributed by atoms with Crippen LogP contribution < -0.4 is 5.43 Å². The first kappa shape index (κ1) is 16.3. The summed E-state index contributed by atoms with van der Waals surface area (Å²) in [5, 5.41) is 21.6. The van der Waals surface area contributed by atoms with E-state index in [1.165, 1.54) is 12.3 Å². The van der Waals surface area contributed by atoms with Crippen molar-refractivity contribution in [2.75, 3.05) is 0 Å². The van der Waals surface area contributed by atoms with Gasteiger partial charge in [0, 0.05) is 18.2 Å². The number of hydrazone groups is 1. The molecule has 0 spiro atoms. The predicted molar refractivity (Wildman–Crippen MR) is 85.2 cm³/mol. The molecule has 0 saturated carbocycles. The first-order valence-electron chi connectivity index (χ1n) is 7.05. The molecule has 1 aromatic heterocycles. The molecule has 8 heteroatoms. The molecule has 1 amide bonds. The number of aryl methyl sites for hydroxylation is 2. The van der Waals surface area contributed by atoms with Crippen LogP contribution in [0.25, 0.3) is 0 Å². The average molecular weight is 315 g/mol. The van der Waals surface area contributed by atoms with Gasteiger partial charge in [0.25, 0.3) is 5.69 Å². The fourth-order valence-electron chi connectivity index (χ4n) is 2.17. The van der Waals surface area contributed by atoms with E-state index in [2.05, 4.69) is 20.7 Å². The van der Waals surface area contributed by atoms with Gasteiger partial charge in [-0.25, -0.2) is 5.43 Å². The lowest BCUT2D eigenvalue weighted by molar-refractivity contribution is -0.385. The normalized spacial score (nSPS) is 10.9. The van der Waals surface area contributed by atoms with Crippen LogP contribution in [0.15, 0.2) is 29.4 Å². The Labute approximate surface area is 132 Å². The van der Waals surface area contributed by atoms with E-state index in [1.54, 1.807) is 18.2 Å². The van der Waals surface area contributed by atoms with Crippen molar-refractivity contribution in [1.82, 2.24) is 15.6 Å². The van der Waals surface area contributed by atoms with Gasteiger partial charge in [-0.2, -0.15) is 10.2 Å². The van der Waals surface area contributed by atoms with Gasteiger partial charge in [0.1, 0.15) is 0 Å². The Balaban J connectivity index is 1.91. The monoisotopic (exact) mass is 315 g/mol. The quantitative estimate of drug-likeness (QED) is 0.482. The van der Waals surface area contributed by atoms with Crippen molar-refractivity contribution in [3.63, 3.8) is 0 Å². The number of H-pyrrole nitrogens is 1. The molecule has 0 unspecified atom stereocenters. The minimum Gasteiger partial charge on any atom is -0.282 e. The number of amides is 1. The summed E-state index contributed by atoms with van der Waals surface area (Å²) < 4.78 is 0. The summed E-state index contributed by atoms with van der Waals surface area (Å²) in [5.41, 5.74) is 5.48. The number of aromatic amines is 1. The zero-order chi connectivity index (χ0) is 16.8. The number of carbonyl (C=O) groups excluding carboxylic acids is 1. The number of hydrogen-bond acceptors (Lipinski definition) is 5. The molecule has 8 nitrogen and oxygen atoms in total. The van der Waals surface area contributed by atoms with Gasteiger partial charge in [0.05, 0.1) is 22.4 Å². The van der Waals surface area contributed by atoms with Crippen LogP contribution in [0.2, 0.25) is 0 Å². The van der Waals surface area contributed by atoms with E-state index in [1.807, 2.05) is 13.8 Å². The van der Waals surface area contributed by atoms with Crippen molar-refractivity contribution in [1.29, 1.82) is 0 Å². The van der Waals surface area contributed by atoms with Crippen LogP contribution in [0.4, 0.5) is 5.69 Å². The van der Waals surface area contributed by atoms with Gasteiger partial charge in [0.15, 0.2) is 0 Å². The van der Waals surface area contributed by atoms with E-state index in [-0.39, 0.29) is 18.0 Å². The topological polar surface area (TPSA) is 113 Å². The highest BCUT2D eigenvalue weighted by atomic mass is 16.6. The Bertz CT molecular complexity index is 732. The van der Waals surface area contributed by atoms with Crippen LogP contribution in [0.3, 0.4) is 0 Å². The van der Waals surface area contributed by atoms with E-state index in [9.17, 15) is 14.9 Å². The molecule has 0 aliphatic heterocycles. The lowest BCUT2D eigenvalue weighted by Crippen LogP contribution is -2.18. The van der Waals surface area contributed by atoms with Crippen LogP contribution in [-0.4, -0.2) is 27.2 Å². The molecule has 0 radical (unpaired) electrons. The van der Waals surface area contributed by atoms with Crippen LogP contribution in [-0.2, 0) is 11.2 Å². The molecule has 23 heavy (non-hydrogen) atoms. The van der Waals surface area contributed by atoms with Gasteiger partial charge in [-0.1, -0.05) is 12.1 Å². The van der Waals surface area contributed by atoms with Crippen molar-refractivity contribution in [3.8, 4) is 0 Å². The smallest absolute Gasteiger partial charge is 0.278 e. The maximum atomic E-state index is 11.8. The second-order valence-corrected chi connectivity index (χ2v) is 5.02. The second kappa shape index (κ2) is 7.30. The van der Waals surface area contributed by atoms with Gasteiger partial charge in [-0.05, 0) is 31.9 Å². The molecule has 2 N–H and O–H groups in total. The summed E-state index contributed by atoms with van der Waals surface area (Å²) in [4.78, 5) is 22.2. The third-order valence-corrected chi connectivity index (χ3v) is 3.41. The second-order valence-electron chi connectivity index (χ2n) is 5.02. The Hall–Kier alpha value is -3.03. The van der Waals surface area contributed by atoms with Crippen molar-refractivity contribution in [2.45, 2.75) is 26.7 Å². The molecule has 2 aromatic rings. The highest BCUT2D eigenvalue weighted by Gasteiger charge is 2.11. The highest BCUT2D eigenvalue weighted by Crippen LogP contribution is 2.15. The summed E-state index contributed by atoms with van der Waals surface area (Å²) in [5.74, 6) is -0.264. The number of nitro groups is 1. The van der Waals surface area contributed by atoms with Crippen LogP contribution >= 0.6 is 0 Å². The van der Waals surface area contributed by atoms with Gasteiger partial charge in [0.2, 0.25) is 5.91 Å². The average Bonchev–Trinajstić information content (AvgIpc) is 2.84. The molecular weight excluding hydrogens is 298 g/mol. The van der Waals surface area contributed by atoms with Gasteiger partial charge < -0.3 is 0 Å². The lowest BCUT2D eigenvalue weighted by Gasteiger charge is -2.01. The number of benzene rings is 1. The van der Waals surface area contributed by atoms with Crippen molar-refractivity contribution in [2.24, 2.45) is 5.10 Å². The molecule has 0 fully saturated rings. The molecule has 0 atom stereocenters. The number of hydrogen-bond donors (Lipinski definition) is 2. The molecule has 0 aliphatic carbocycles. The maximum absolute atomic E-state index is 11.8. The Morgan fingerprint density at radius 3 is 2.83 bits per heavy atom. The number of rotatable bonds is 6. The molecule has 120 valence electrons. The molecular formula is C15H17N5O3. The first-order valence-corrected chi connectivity index (χ1v) is 7.05. The van der Waals surface area contributed by atoms with Crippen LogP contribution in [0.5, 0.6) is 0 Å². The van der Waals surface area contributed by atoms with E-state index in [4.69, 9.17) is 0 Å². The third kappa shape index (κ3) is 4.22. The summed E-state index contributed by atoms with van der Waals surface area (Å²) in [6.07, 6.45) is 2.08. The molecule has 0 aliphatic rings. The Kier molecular flexibility index (Phi) is 5.19. The maximum Gasteiger partial charge on any atom is 0.278 e. The number of nitro benzene ring substituents is 1. The fourth-order valence-corrected chi connectivity index (χ4v) is 2.17. The third-order valence-electron chi connectivity index (χ3n) is 3.41. The largest absolute Gasteiger partial charge is 0.282 e. The number of para-hydroxylation sites is 1. The van der Waals surface area contributed by atoms with E-state index < -0.39 is 4.92 Å². The van der Waals surface area contributed by atoms with Gasteiger partial charge >= 0.3 is 0 Å². The summed E-state index contributed by atoms with van der Waals surface area (Å²) >= 11 is 0. The summed E-state index contributed by atoms with van der Waals surface area (Å²) in [7, 11) is 0. The zero-order valence-corrected chi connectivity index (χ0v) is 12.9. The molecule has 2 rings (SSSR count). The lowest BCUT2D eigenvalue weighted by atomic mass is 10.1. The molecule has 0 saturated heterocycles. The minimum absolute atomic E-state index is 0.0601. The van der Waals surface area contributed by atoms with Crippen LogP contribution in [0, 0.1) is 24.0 Å². The molecule has 1 heterocycles. The van der Waals surface area contributed by atoms with Gasteiger partial charge in [-0.15, -0.1) is 0 Å². The van der Waals surface area contributed by atoms with Crippen molar-refractivity contribution in [3.05, 3.63) is 56.9 Å². The fraction of sp³-hybridized carbons (Fsp3) is 0.267. The molecule has 1 aromatic carbocycles. The van der Waals surface area contributed by atoms with E-state index >= 15 is 0 Å². The van der Waals surface area contributed by atoms with E-state index in [0.717, 1.165) is 17.0 Å². The summed E-state index contributed by atoms with van der Waals surface area (Å²) in [6.45, 7) is 3.78. The Morgan fingerprint density at radius 2 is 2.17 bits per heavy atom. The SMILES string of the molecule is Cc1n[nH]c(C)c1CCC(=O)NN=Cc1ccccc1[N+](=O)[O-]. The van der Waals surface area contributed by atoms with Crippen molar-refractivity contribution < 1.29 is 9.72 Å². The molecule has 0 bridgehead atoms. The standard InChI is InChI=1S/C15H17N5O3/c1-10-13(11(2)18-17-10)7-8-15(21)19-16-9-12-5-3-4-6-14(12)20(22)23/h3-6,9H,7-8H2,1-2H3,(H,17,18)(H,19,21).